The van der Waals surface area contributed by atoms with E-state index in [1.165, 1.54) is 76.2 Å². The van der Waals surface area contributed by atoms with Gasteiger partial charge in [-0.2, -0.15) is 0 Å². The van der Waals surface area contributed by atoms with Crippen molar-refractivity contribution in [2.45, 2.75) is 97.4 Å². The van der Waals surface area contributed by atoms with Crippen molar-refractivity contribution in [2.75, 3.05) is 25.5 Å². The molecule has 1 aliphatic rings. The summed E-state index contributed by atoms with van der Waals surface area (Å²) in [6, 6.07) is 0.323. The first-order valence-corrected chi connectivity index (χ1v) is 13.7. The van der Waals surface area contributed by atoms with Crippen LogP contribution in [-0.2, 0) is 4.74 Å². The molecule has 0 saturated heterocycles. The number of esters is 1. The number of carbonyl (C=O) groups is 2. The van der Waals surface area contributed by atoms with Gasteiger partial charge in [-0.25, -0.2) is 4.79 Å². The SMILES string of the molecule is CCN(CC)C(=O)c1sc(NC(=S)NC2CCCCCCCCCCC2)c(C(=O)OC)c1C. The van der Waals surface area contributed by atoms with Crippen molar-refractivity contribution in [3.8, 4) is 0 Å². The molecule has 2 rings (SSSR count). The number of nitrogens with one attached hydrogen (secondary N) is 2. The number of rotatable bonds is 6. The smallest absolute Gasteiger partial charge is 0.341 e. The van der Waals surface area contributed by atoms with Crippen molar-refractivity contribution in [2.24, 2.45) is 0 Å². The van der Waals surface area contributed by atoms with E-state index in [1.54, 1.807) is 11.8 Å². The lowest BCUT2D eigenvalue weighted by Crippen LogP contribution is -2.38. The number of thiocarbonyl (C=S) groups is 1. The molecule has 2 N–H and O–H groups in total. The van der Waals surface area contributed by atoms with E-state index in [9.17, 15) is 9.59 Å². The normalized spacial score (nSPS) is 16.2. The van der Waals surface area contributed by atoms with Crippen LogP contribution in [-0.4, -0.2) is 48.1 Å². The zero-order chi connectivity index (χ0) is 24.2. The van der Waals surface area contributed by atoms with Gasteiger partial charge in [-0.15, -0.1) is 11.3 Å². The average molecular weight is 496 g/mol. The third kappa shape index (κ3) is 8.25. The van der Waals surface area contributed by atoms with Crippen LogP contribution in [0.2, 0.25) is 0 Å². The van der Waals surface area contributed by atoms with E-state index in [1.807, 2.05) is 13.8 Å². The summed E-state index contributed by atoms with van der Waals surface area (Å²) in [7, 11) is 1.36. The van der Waals surface area contributed by atoms with Crippen LogP contribution in [0.3, 0.4) is 0 Å². The number of hydrogen-bond donors (Lipinski definition) is 2. The van der Waals surface area contributed by atoms with Crippen LogP contribution in [0.25, 0.3) is 0 Å². The second-order valence-electron chi connectivity index (χ2n) is 8.78. The van der Waals surface area contributed by atoms with Crippen molar-refractivity contribution in [3.05, 3.63) is 16.0 Å². The summed E-state index contributed by atoms with van der Waals surface area (Å²) < 4.78 is 5.01. The lowest BCUT2D eigenvalue weighted by Gasteiger charge is -2.21. The van der Waals surface area contributed by atoms with Crippen LogP contribution in [0.15, 0.2) is 0 Å². The minimum Gasteiger partial charge on any atom is -0.465 e. The van der Waals surface area contributed by atoms with Gasteiger partial charge >= 0.3 is 5.97 Å². The summed E-state index contributed by atoms with van der Waals surface area (Å²) in [6.07, 6.45) is 13.8. The van der Waals surface area contributed by atoms with E-state index in [4.69, 9.17) is 17.0 Å². The maximum absolute atomic E-state index is 13.0. The second-order valence-corrected chi connectivity index (χ2v) is 10.2. The van der Waals surface area contributed by atoms with E-state index in [2.05, 4.69) is 10.6 Å². The van der Waals surface area contributed by atoms with Crippen LogP contribution < -0.4 is 10.6 Å². The van der Waals surface area contributed by atoms with Gasteiger partial charge in [-0.05, 0) is 51.4 Å². The number of carbonyl (C=O) groups excluding carboxylic acids is 2. The van der Waals surface area contributed by atoms with E-state index in [-0.39, 0.29) is 5.91 Å². The summed E-state index contributed by atoms with van der Waals surface area (Å²) in [5.74, 6) is -0.530. The highest BCUT2D eigenvalue weighted by Crippen LogP contribution is 2.34. The number of ether oxygens (including phenoxy) is 1. The number of methoxy groups -OCH3 is 1. The first-order chi connectivity index (χ1) is 15.9. The summed E-state index contributed by atoms with van der Waals surface area (Å²) in [5.41, 5.74) is 1.03. The molecular formula is C25H41N3O3S2. The third-order valence-corrected chi connectivity index (χ3v) is 7.86. The minimum absolute atomic E-state index is 0.0705. The molecule has 0 spiro atoms. The first-order valence-electron chi connectivity index (χ1n) is 12.5. The van der Waals surface area contributed by atoms with Gasteiger partial charge in [-0.3, -0.25) is 4.79 Å². The number of nitrogens with zero attached hydrogens (tertiary/aromatic N) is 1. The standard InChI is InChI=1S/C25H41N3O3S2/c1-5-28(6-2)23(29)21-18(3)20(24(30)31-4)22(33-21)27-25(32)26-19-16-14-12-10-8-7-9-11-13-15-17-19/h19H,5-17H2,1-4H3,(H2,26,27,32). The molecule has 1 fully saturated rings. The zero-order valence-electron chi connectivity index (χ0n) is 20.8. The highest BCUT2D eigenvalue weighted by atomic mass is 32.1. The van der Waals surface area contributed by atoms with Gasteiger partial charge in [0.15, 0.2) is 5.11 Å². The molecule has 33 heavy (non-hydrogen) atoms. The molecule has 0 radical (unpaired) electrons. The number of hydrogen-bond acceptors (Lipinski definition) is 5. The molecule has 1 saturated carbocycles. The molecule has 1 aliphatic carbocycles. The molecule has 1 heterocycles. The summed E-state index contributed by atoms with van der Waals surface area (Å²) in [4.78, 5) is 27.8. The fourth-order valence-corrected chi connectivity index (χ4v) is 5.94. The summed E-state index contributed by atoms with van der Waals surface area (Å²) in [5, 5.41) is 7.77. The minimum atomic E-state index is -0.460. The zero-order valence-corrected chi connectivity index (χ0v) is 22.4. The molecular weight excluding hydrogens is 454 g/mol. The molecule has 0 atom stereocenters. The van der Waals surface area contributed by atoms with E-state index < -0.39 is 5.97 Å². The Hall–Kier alpha value is -1.67. The Morgan fingerprint density at radius 2 is 1.52 bits per heavy atom. The van der Waals surface area contributed by atoms with E-state index in [0.717, 1.165) is 12.8 Å². The van der Waals surface area contributed by atoms with E-state index >= 15 is 0 Å². The van der Waals surface area contributed by atoms with Crippen LogP contribution in [0, 0.1) is 6.92 Å². The largest absolute Gasteiger partial charge is 0.465 e. The van der Waals surface area contributed by atoms with Gasteiger partial charge in [0.1, 0.15) is 5.00 Å². The van der Waals surface area contributed by atoms with Gasteiger partial charge in [0.05, 0.1) is 17.6 Å². The van der Waals surface area contributed by atoms with Gasteiger partial charge in [0, 0.05) is 19.1 Å². The van der Waals surface area contributed by atoms with Crippen molar-refractivity contribution in [1.29, 1.82) is 0 Å². The maximum Gasteiger partial charge on any atom is 0.341 e. The topological polar surface area (TPSA) is 70.7 Å². The first kappa shape index (κ1) is 27.6. The third-order valence-electron chi connectivity index (χ3n) is 6.45. The highest BCUT2D eigenvalue weighted by molar-refractivity contribution is 7.80. The average Bonchev–Trinajstić information content (AvgIpc) is 3.11. The van der Waals surface area contributed by atoms with Crippen molar-refractivity contribution in [1.82, 2.24) is 10.2 Å². The van der Waals surface area contributed by atoms with Crippen molar-refractivity contribution >= 4 is 45.5 Å². The molecule has 0 aliphatic heterocycles. The van der Waals surface area contributed by atoms with Gasteiger partial charge in [-0.1, -0.05) is 57.8 Å². The summed E-state index contributed by atoms with van der Waals surface area (Å²) in [6.45, 7) is 6.93. The number of thiophene rings is 1. The Morgan fingerprint density at radius 1 is 1.00 bits per heavy atom. The maximum atomic E-state index is 13.0. The Bertz CT molecular complexity index is 778. The predicted octanol–water partition coefficient (Wildman–Crippen LogP) is 6.28. The Balaban J connectivity index is 2.14. The molecule has 6 nitrogen and oxygen atoms in total. The lowest BCUT2D eigenvalue weighted by molar-refractivity contribution is 0.0601. The molecule has 8 heteroatoms. The fraction of sp³-hybridized carbons (Fsp3) is 0.720. The number of anilines is 1. The second kappa shape index (κ2) is 14.6. The monoisotopic (exact) mass is 495 g/mol. The Labute approximate surface area is 208 Å². The molecule has 0 unspecified atom stereocenters. The van der Waals surface area contributed by atoms with Crippen LogP contribution >= 0.6 is 23.6 Å². The highest BCUT2D eigenvalue weighted by Gasteiger charge is 2.27. The Morgan fingerprint density at radius 3 is 2.00 bits per heavy atom. The van der Waals surface area contributed by atoms with Crippen molar-refractivity contribution < 1.29 is 14.3 Å². The molecule has 1 aromatic rings. The summed E-state index contributed by atoms with van der Waals surface area (Å²) >= 11 is 6.91. The van der Waals surface area contributed by atoms with Gasteiger partial charge < -0.3 is 20.3 Å². The van der Waals surface area contributed by atoms with Crippen LogP contribution in [0.4, 0.5) is 5.00 Å². The van der Waals surface area contributed by atoms with E-state index in [0.29, 0.717) is 45.2 Å². The van der Waals surface area contributed by atoms with Gasteiger partial charge in [0.2, 0.25) is 0 Å². The lowest BCUT2D eigenvalue weighted by atomic mass is 9.98. The number of amides is 1. The van der Waals surface area contributed by atoms with Crippen molar-refractivity contribution in [3.63, 3.8) is 0 Å². The van der Waals surface area contributed by atoms with Crippen LogP contribution in [0.1, 0.15) is 110 Å². The molecule has 1 amide bonds. The molecule has 1 aromatic heterocycles. The van der Waals surface area contributed by atoms with Crippen LogP contribution in [0.5, 0.6) is 0 Å². The Kier molecular flexibility index (Phi) is 12.2. The molecule has 0 bridgehead atoms. The van der Waals surface area contributed by atoms with Gasteiger partial charge in [0.25, 0.3) is 5.91 Å². The molecule has 0 aromatic carbocycles. The quantitative estimate of drug-likeness (QED) is 0.357. The molecule has 186 valence electrons. The predicted molar refractivity (Wildman–Crippen MR) is 142 cm³/mol. The fourth-order valence-electron chi connectivity index (χ4n) is 4.44.